The fraction of sp³-hybridized carbons (Fsp3) is 0.158. The van der Waals surface area contributed by atoms with Gasteiger partial charge in [0.15, 0.2) is 5.13 Å². The summed E-state index contributed by atoms with van der Waals surface area (Å²) in [4.78, 5) is 18.2. The summed E-state index contributed by atoms with van der Waals surface area (Å²) in [6.07, 6.45) is 0.186. The second-order valence-corrected chi connectivity index (χ2v) is 6.96. The SMILES string of the molecule is CN(C(=O)Cc1ccc(-c2cc(F)ccc2F)cc1)c1nc(CBr)[c]s1. The van der Waals surface area contributed by atoms with Crippen molar-refractivity contribution in [1.82, 2.24) is 4.98 Å². The highest BCUT2D eigenvalue weighted by molar-refractivity contribution is 9.08. The number of thiazole rings is 1. The first-order chi connectivity index (χ1) is 12.5. The molecule has 3 aromatic rings. The maximum Gasteiger partial charge on any atom is 0.232 e. The van der Waals surface area contributed by atoms with Crippen LogP contribution in [0.1, 0.15) is 11.3 Å². The van der Waals surface area contributed by atoms with Gasteiger partial charge in [-0.2, -0.15) is 0 Å². The van der Waals surface area contributed by atoms with E-state index in [1.165, 1.54) is 16.2 Å². The van der Waals surface area contributed by atoms with E-state index in [2.05, 4.69) is 26.3 Å². The number of anilines is 1. The third-order valence-corrected chi connectivity index (χ3v) is 5.24. The van der Waals surface area contributed by atoms with Crippen LogP contribution in [0.4, 0.5) is 13.9 Å². The van der Waals surface area contributed by atoms with E-state index in [-0.39, 0.29) is 17.9 Å². The molecule has 1 heterocycles. The lowest BCUT2D eigenvalue weighted by Gasteiger charge is -2.14. The van der Waals surface area contributed by atoms with E-state index < -0.39 is 11.6 Å². The van der Waals surface area contributed by atoms with Crippen molar-refractivity contribution in [3.63, 3.8) is 0 Å². The minimum atomic E-state index is -0.495. The van der Waals surface area contributed by atoms with Crippen LogP contribution in [-0.2, 0) is 16.5 Å². The highest BCUT2D eigenvalue weighted by atomic mass is 79.9. The Labute approximate surface area is 162 Å². The second-order valence-electron chi connectivity index (χ2n) is 5.63. The molecule has 1 aromatic heterocycles. The lowest BCUT2D eigenvalue weighted by atomic mass is 10.0. The molecule has 0 saturated carbocycles. The molecule has 3 nitrogen and oxygen atoms in total. The summed E-state index contributed by atoms with van der Waals surface area (Å²) in [5.41, 5.74) is 2.29. The predicted octanol–water partition coefficient (Wildman–Crippen LogP) is 4.99. The van der Waals surface area contributed by atoms with E-state index >= 15 is 0 Å². The molecule has 2 aromatic carbocycles. The maximum absolute atomic E-state index is 13.9. The normalized spacial score (nSPS) is 10.8. The number of amides is 1. The van der Waals surface area contributed by atoms with Crippen molar-refractivity contribution in [2.75, 3.05) is 11.9 Å². The monoisotopic (exact) mass is 435 g/mol. The van der Waals surface area contributed by atoms with Gasteiger partial charge in [0.2, 0.25) is 5.91 Å². The molecule has 26 heavy (non-hydrogen) atoms. The molecular weight excluding hydrogens is 422 g/mol. The van der Waals surface area contributed by atoms with Crippen LogP contribution in [0, 0.1) is 17.0 Å². The lowest BCUT2D eigenvalue weighted by Crippen LogP contribution is -2.27. The summed E-state index contributed by atoms with van der Waals surface area (Å²) in [6, 6.07) is 10.2. The Morgan fingerprint density at radius 3 is 2.62 bits per heavy atom. The number of carbonyl (C=O) groups is 1. The molecule has 3 rings (SSSR count). The molecule has 0 fully saturated rings. The standard InChI is InChI=1S/C19H14BrF2N2OS/c1-24(19-23-15(10-20)11-26-19)18(25)8-12-2-4-13(5-3-12)16-9-14(21)6-7-17(16)22/h2-7,9H,8,10H2,1H3. The molecule has 1 radical (unpaired) electrons. The topological polar surface area (TPSA) is 33.2 Å². The number of carbonyl (C=O) groups excluding carboxylic acids is 1. The third kappa shape index (κ3) is 4.16. The summed E-state index contributed by atoms with van der Waals surface area (Å²) in [5, 5.41) is 4.19. The molecule has 1 amide bonds. The van der Waals surface area contributed by atoms with Crippen LogP contribution in [0.5, 0.6) is 0 Å². The zero-order chi connectivity index (χ0) is 18.7. The van der Waals surface area contributed by atoms with Crippen LogP contribution in [0.3, 0.4) is 0 Å². The quantitative estimate of drug-likeness (QED) is 0.528. The molecule has 0 saturated heterocycles. The first-order valence-corrected chi connectivity index (χ1v) is 9.66. The Balaban J connectivity index is 1.72. The number of nitrogens with zero attached hydrogens (tertiary/aromatic N) is 2. The second kappa shape index (κ2) is 8.05. The van der Waals surface area contributed by atoms with Crippen molar-refractivity contribution < 1.29 is 13.6 Å². The van der Waals surface area contributed by atoms with Gasteiger partial charge < -0.3 is 0 Å². The van der Waals surface area contributed by atoms with Gasteiger partial charge in [-0.3, -0.25) is 9.69 Å². The van der Waals surface area contributed by atoms with Gasteiger partial charge in [-0.15, -0.1) is 0 Å². The molecule has 0 atom stereocenters. The Hall–Kier alpha value is -2.12. The Morgan fingerprint density at radius 1 is 1.23 bits per heavy atom. The molecule has 0 unspecified atom stereocenters. The summed E-state index contributed by atoms with van der Waals surface area (Å²) in [6.45, 7) is 0. The van der Waals surface area contributed by atoms with Gasteiger partial charge >= 0.3 is 0 Å². The van der Waals surface area contributed by atoms with Gasteiger partial charge in [0, 0.05) is 17.9 Å². The number of likely N-dealkylation sites (N-methyl/N-ethyl adjacent to an activating group) is 1. The Morgan fingerprint density at radius 2 is 1.96 bits per heavy atom. The third-order valence-electron chi connectivity index (χ3n) is 3.83. The van der Waals surface area contributed by atoms with Crippen molar-refractivity contribution in [1.29, 1.82) is 0 Å². The van der Waals surface area contributed by atoms with Crippen molar-refractivity contribution in [3.05, 3.63) is 70.7 Å². The van der Waals surface area contributed by atoms with Crippen LogP contribution in [0.25, 0.3) is 11.1 Å². The minimum absolute atomic E-state index is 0.112. The van der Waals surface area contributed by atoms with E-state index in [1.54, 1.807) is 31.3 Å². The Kier molecular flexibility index (Phi) is 5.78. The lowest BCUT2D eigenvalue weighted by molar-refractivity contribution is -0.117. The number of alkyl halides is 1. The molecular formula is C19H14BrF2N2OS. The van der Waals surface area contributed by atoms with Crippen LogP contribution < -0.4 is 4.90 Å². The predicted molar refractivity (Wildman–Crippen MR) is 102 cm³/mol. The number of hydrogen-bond donors (Lipinski definition) is 0. The molecule has 0 N–H and O–H groups in total. The fourth-order valence-electron chi connectivity index (χ4n) is 2.39. The van der Waals surface area contributed by atoms with Gasteiger partial charge in [0.05, 0.1) is 17.5 Å². The van der Waals surface area contributed by atoms with Crippen LogP contribution in [0.2, 0.25) is 0 Å². The van der Waals surface area contributed by atoms with Gasteiger partial charge in [-0.05, 0) is 29.3 Å². The zero-order valence-corrected chi connectivity index (χ0v) is 16.2. The summed E-state index contributed by atoms with van der Waals surface area (Å²) in [5.74, 6) is -1.10. The number of aromatic nitrogens is 1. The van der Waals surface area contributed by atoms with Gasteiger partial charge in [0.25, 0.3) is 0 Å². The van der Waals surface area contributed by atoms with Crippen molar-refractivity contribution in [3.8, 4) is 11.1 Å². The average Bonchev–Trinajstić information content (AvgIpc) is 3.13. The van der Waals surface area contributed by atoms with Crippen molar-refractivity contribution in [2.24, 2.45) is 0 Å². The molecule has 0 aliphatic heterocycles. The number of rotatable bonds is 5. The maximum atomic E-state index is 13.9. The van der Waals surface area contributed by atoms with E-state index in [1.807, 2.05) is 0 Å². The number of halogens is 3. The first-order valence-electron chi connectivity index (χ1n) is 7.72. The van der Waals surface area contributed by atoms with Crippen molar-refractivity contribution in [2.45, 2.75) is 11.8 Å². The molecule has 0 aliphatic rings. The van der Waals surface area contributed by atoms with Crippen LogP contribution >= 0.6 is 27.3 Å². The summed E-state index contributed by atoms with van der Waals surface area (Å²) >= 11 is 4.59. The Bertz CT molecular complexity index is 928. The number of benzene rings is 2. The molecule has 0 spiro atoms. The van der Waals surface area contributed by atoms with E-state index in [9.17, 15) is 13.6 Å². The van der Waals surface area contributed by atoms with Gasteiger partial charge in [0.1, 0.15) is 11.6 Å². The van der Waals surface area contributed by atoms with Crippen LogP contribution in [-0.4, -0.2) is 17.9 Å². The minimum Gasteiger partial charge on any atom is -0.291 e. The number of hydrogen-bond acceptors (Lipinski definition) is 3. The largest absolute Gasteiger partial charge is 0.291 e. The first kappa shape index (κ1) is 18.7. The van der Waals surface area contributed by atoms with E-state index in [0.717, 1.165) is 29.5 Å². The molecule has 133 valence electrons. The van der Waals surface area contributed by atoms with Gasteiger partial charge in [-0.25, -0.2) is 13.8 Å². The average molecular weight is 436 g/mol. The van der Waals surface area contributed by atoms with Crippen molar-refractivity contribution >= 4 is 38.3 Å². The highest BCUT2D eigenvalue weighted by Gasteiger charge is 2.15. The molecule has 7 heteroatoms. The van der Waals surface area contributed by atoms with E-state index in [0.29, 0.717) is 16.0 Å². The summed E-state index contributed by atoms with van der Waals surface area (Å²) < 4.78 is 27.2. The van der Waals surface area contributed by atoms with Gasteiger partial charge in [-0.1, -0.05) is 51.5 Å². The summed E-state index contributed by atoms with van der Waals surface area (Å²) in [7, 11) is 1.67. The molecule has 0 bridgehead atoms. The van der Waals surface area contributed by atoms with Crippen LogP contribution in [0.15, 0.2) is 42.5 Å². The molecule has 0 aliphatic carbocycles. The van der Waals surface area contributed by atoms with E-state index in [4.69, 9.17) is 0 Å². The highest BCUT2D eigenvalue weighted by Crippen LogP contribution is 2.25. The fourth-order valence-corrected chi connectivity index (χ4v) is 3.56. The zero-order valence-electron chi connectivity index (χ0n) is 13.8. The smallest absolute Gasteiger partial charge is 0.232 e.